The van der Waals surface area contributed by atoms with E-state index >= 15 is 0 Å². The van der Waals surface area contributed by atoms with Crippen LogP contribution in [0.4, 0.5) is 0 Å². The zero-order chi connectivity index (χ0) is 12.1. The van der Waals surface area contributed by atoms with Crippen LogP contribution in [0.5, 0.6) is 0 Å². The summed E-state index contributed by atoms with van der Waals surface area (Å²) in [5, 5.41) is 28.5. The number of aliphatic hydroxyl groups is 3. The van der Waals surface area contributed by atoms with Gasteiger partial charge in [0.15, 0.2) is 6.29 Å². The summed E-state index contributed by atoms with van der Waals surface area (Å²) in [7, 11) is 1.36. The van der Waals surface area contributed by atoms with E-state index in [2.05, 4.69) is 6.58 Å². The van der Waals surface area contributed by atoms with Gasteiger partial charge < -0.3 is 29.5 Å². The van der Waals surface area contributed by atoms with E-state index in [1.807, 2.05) is 0 Å². The zero-order valence-corrected chi connectivity index (χ0v) is 9.15. The molecule has 0 aromatic rings. The van der Waals surface area contributed by atoms with Crippen LogP contribution in [-0.2, 0) is 14.2 Å². The summed E-state index contributed by atoms with van der Waals surface area (Å²) in [5.41, 5.74) is 0. The lowest BCUT2D eigenvalue weighted by Crippen LogP contribution is -2.59. The number of hydrogen-bond acceptors (Lipinski definition) is 6. The third-order valence-electron chi connectivity index (χ3n) is 2.47. The average Bonchev–Trinajstić information content (AvgIpc) is 2.29. The van der Waals surface area contributed by atoms with Crippen LogP contribution >= 0.6 is 0 Å². The monoisotopic (exact) mass is 234 g/mol. The molecular weight excluding hydrogens is 216 g/mol. The lowest BCUT2D eigenvalue weighted by atomic mass is 9.99. The predicted molar refractivity (Wildman–Crippen MR) is 54.7 cm³/mol. The summed E-state index contributed by atoms with van der Waals surface area (Å²) in [6.07, 6.45) is -3.31. The fraction of sp³-hybridized carbons (Fsp3) is 0.800. The molecule has 1 fully saturated rings. The molecule has 3 N–H and O–H groups in total. The largest absolute Gasteiger partial charge is 0.394 e. The van der Waals surface area contributed by atoms with Crippen molar-refractivity contribution >= 4 is 0 Å². The maximum Gasteiger partial charge on any atom is 0.187 e. The normalized spacial score (nSPS) is 39.6. The van der Waals surface area contributed by atoms with E-state index in [-0.39, 0.29) is 13.2 Å². The Morgan fingerprint density at radius 3 is 2.56 bits per heavy atom. The molecule has 0 aromatic heterocycles. The molecule has 0 bridgehead atoms. The van der Waals surface area contributed by atoms with Gasteiger partial charge in [-0.1, -0.05) is 6.08 Å². The highest BCUT2D eigenvalue weighted by Crippen LogP contribution is 2.23. The van der Waals surface area contributed by atoms with Gasteiger partial charge in [-0.05, 0) is 0 Å². The van der Waals surface area contributed by atoms with Crippen LogP contribution in [0, 0.1) is 0 Å². The SMILES string of the molecule is C=CCOC1O[C@H](CO)[C@@H](O)[C@H](OC)[C@H]1O. The lowest BCUT2D eigenvalue weighted by Gasteiger charge is -2.41. The van der Waals surface area contributed by atoms with Crippen molar-refractivity contribution < 1.29 is 29.5 Å². The van der Waals surface area contributed by atoms with E-state index in [0.717, 1.165) is 0 Å². The summed E-state index contributed by atoms with van der Waals surface area (Å²) in [5.74, 6) is 0. The summed E-state index contributed by atoms with van der Waals surface area (Å²) in [6, 6.07) is 0. The van der Waals surface area contributed by atoms with Crippen molar-refractivity contribution in [2.24, 2.45) is 0 Å². The lowest BCUT2D eigenvalue weighted by molar-refractivity contribution is -0.302. The molecule has 0 aromatic carbocycles. The maximum absolute atomic E-state index is 9.79. The molecule has 1 rings (SSSR count). The first-order valence-corrected chi connectivity index (χ1v) is 5.03. The van der Waals surface area contributed by atoms with Gasteiger partial charge in [0, 0.05) is 7.11 Å². The van der Waals surface area contributed by atoms with E-state index in [1.165, 1.54) is 13.2 Å². The van der Waals surface area contributed by atoms with Crippen molar-refractivity contribution in [1.29, 1.82) is 0 Å². The number of hydrogen-bond donors (Lipinski definition) is 3. The first kappa shape index (κ1) is 13.6. The van der Waals surface area contributed by atoms with Crippen molar-refractivity contribution in [3.8, 4) is 0 Å². The van der Waals surface area contributed by atoms with Crippen LogP contribution in [0.3, 0.4) is 0 Å². The highest BCUT2D eigenvalue weighted by Gasteiger charge is 2.44. The second kappa shape index (κ2) is 6.29. The van der Waals surface area contributed by atoms with Crippen LogP contribution in [0.15, 0.2) is 12.7 Å². The molecule has 1 heterocycles. The molecule has 1 unspecified atom stereocenters. The van der Waals surface area contributed by atoms with Gasteiger partial charge in [0.1, 0.15) is 24.4 Å². The van der Waals surface area contributed by atoms with Crippen LogP contribution < -0.4 is 0 Å². The predicted octanol–water partition coefficient (Wildman–Crippen LogP) is -1.36. The number of methoxy groups -OCH3 is 1. The highest BCUT2D eigenvalue weighted by molar-refractivity contribution is 4.90. The van der Waals surface area contributed by atoms with Crippen LogP contribution in [0.25, 0.3) is 0 Å². The summed E-state index contributed by atoms with van der Waals surface area (Å²) < 4.78 is 15.3. The van der Waals surface area contributed by atoms with Crippen molar-refractivity contribution in [3.05, 3.63) is 12.7 Å². The molecule has 0 saturated carbocycles. The van der Waals surface area contributed by atoms with E-state index < -0.39 is 30.7 Å². The molecule has 1 saturated heterocycles. The summed E-state index contributed by atoms with van der Waals surface area (Å²) in [4.78, 5) is 0. The smallest absolute Gasteiger partial charge is 0.187 e. The quantitative estimate of drug-likeness (QED) is 0.509. The van der Waals surface area contributed by atoms with Crippen LogP contribution in [0.2, 0.25) is 0 Å². The summed E-state index contributed by atoms with van der Waals surface area (Å²) >= 11 is 0. The molecular formula is C10H18O6. The highest BCUT2D eigenvalue weighted by atomic mass is 16.7. The molecule has 0 radical (unpaired) electrons. The molecule has 1 aliphatic heterocycles. The van der Waals surface area contributed by atoms with Crippen molar-refractivity contribution in [2.75, 3.05) is 20.3 Å². The summed E-state index contributed by atoms with van der Waals surface area (Å²) in [6.45, 7) is 3.30. The molecule has 0 spiro atoms. The Bertz CT molecular complexity index is 221. The van der Waals surface area contributed by atoms with Crippen LogP contribution in [0.1, 0.15) is 0 Å². The Morgan fingerprint density at radius 1 is 1.38 bits per heavy atom. The second-order valence-electron chi connectivity index (χ2n) is 3.53. The van der Waals surface area contributed by atoms with Crippen LogP contribution in [-0.4, -0.2) is 66.3 Å². The third kappa shape index (κ3) is 2.79. The molecule has 94 valence electrons. The number of rotatable bonds is 5. The molecule has 0 aliphatic carbocycles. The van der Waals surface area contributed by atoms with Gasteiger partial charge in [0.05, 0.1) is 13.2 Å². The van der Waals surface area contributed by atoms with Gasteiger partial charge in [0.2, 0.25) is 0 Å². The first-order chi connectivity index (χ1) is 7.65. The van der Waals surface area contributed by atoms with E-state index in [9.17, 15) is 10.2 Å². The molecule has 0 amide bonds. The van der Waals surface area contributed by atoms with Gasteiger partial charge in [-0.2, -0.15) is 0 Å². The Kier molecular flexibility index (Phi) is 5.33. The van der Waals surface area contributed by atoms with Crippen molar-refractivity contribution in [3.63, 3.8) is 0 Å². The average molecular weight is 234 g/mol. The molecule has 6 heteroatoms. The maximum atomic E-state index is 9.79. The Hall–Kier alpha value is -0.500. The van der Waals surface area contributed by atoms with Crippen molar-refractivity contribution in [1.82, 2.24) is 0 Å². The Morgan fingerprint density at radius 2 is 2.06 bits per heavy atom. The molecule has 16 heavy (non-hydrogen) atoms. The number of aliphatic hydroxyl groups excluding tert-OH is 3. The van der Waals surface area contributed by atoms with E-state index in [0.29, 0.717) is 0 Å². The zero-order valence-electron chi connectivity index (χ0n) is 9.15. The van der Waals surface area contributed by atoms with E-state index in [1.54, 1.807) is 0 Å². The minimum atomic E-state index is -1.11. The molecule has 6 nitrogen and oxygen atoms in total. The third-order valence-corrected chi connectivity index (χ3v) is 2.47. The van der Waals surface area contributed by atoms with Crippen molar-refractivity contribution in [2.45, 2.75) is 30.7 Å². The van der Waals surface area contributed by atoms with Gasteiger partial charge in [0.25, 0.3) is 0 Å². The van der Waals surface area contributed by atoms with Gasteiger partial charge in [-0.3, -0.25) is 0 Å². The van der Waals surface area contributed by atoms with Gasteiger partial charge in [-0.25, -0.2) is 0 Å². The standard InChI is InChI=1S/C10H18O6/c1-3-4-15-10-8(13)9(14-2)7(12)6(5-11)16-10/h3,6-13H,1,4-5H2,2H3/t6-,7-,8-,9+,10?/m1/s1. The fourth-order valence-corrected chi connectivity index (χ4v) is 1.63. The molecule has 5 atom stereocenters. The minimum Gasteiger partial charge on any atom is -0.394 e. The topological polar surface area (TPSA) is 88.4 Å². The Balaban J connectivity index is 2.68. The number of ether oxygens (including phenoxy) is 3. The minimum absolute atomic E-state index is 0.201. The first-order valence-electron chi connectivity index (χ1n) is 5.03. The van der Waals surface area contributed by atoms with Gasteiger partial charge in [-0.15, -0.1) is 6.58 Å². The fourth-order valence-electron chi connectivity index (χ4n) is 1.63. The Labute approximate surface area is 94.1 Å². The molecule has 1 aliphatic rings. The van der Waals surface area contributed by atoms with E-state index in [4.69, 9.17) is 19.3 Å². The second-order valence-corrected chi connectivity index (χ2v) is 3.53. The van der Waals surface area contributed by atoms with Gasteiger partial charge >= 0.3 is 0 Å².